The maximum atomic E-state index is 9.59. The van der Waals surface area contributed by atoms with E-state index in [1.807, 2.05) is 30.3 Å². The van der Waals surface area contributed by atoms with Gasteiger partial charge in [0.1, 0.15) is 18.2 Å². The highest BCUT2D eigenvalue weighted by Gasteiger charge is 2.12. The third-order valence-corrected chi connectivity index (χ3v) is 3.01. The van der Waals surface area contributed by atoms with Crippen LogP contribution < -0.4 is 10.6 Å². The van der Waals surface area contributed by atoms with Gasteiger partial charge in [-0.3, -0.25) is 0 Å². The third-order valence-electron chi connectivity index (χ3n) is 3.01. The van der Waals surface area contributed by atoms with E-state index < -0.39 is 0 Å². The Morgan fingerprint density at radius 2 is 1.90 bits per heavy atom. The number of nitrogens with zero attached hydrogens (tertiary/aromatic N) is 2. The molecular weight excluding hydrogens is 268 g/mol. The van der Waals surface area contributed by atoms with Crippen LogP contribution in [0.1, 0.15) is 17.4 Å². The average molecular weight is 288 g/mol. The second-order valence-corrected chi connectivity index (χ2v) is 4.53. The van der Waals surface area contributed by atoms with E-state index >= 15 is 0 Å². The van der Waals surface area contributed by atoms with Crippen LogP contribution >= 0.6 is 0 Å². The highest BCUT2D eigenvalue weighted by Crippen LogP contribution is 2.19. The van der Waals surface area contributed by atoms with Crippen molar-refractivity contribution in [1.29, 1.82) is 0 Å². The monoisotopic (exact) mass is 288 g/mol. The summed E-state index contributed by atoms with van der Waals surface area (Å²) in [5.74, 6) is 1.92. The van der Waals surface area contributed by atoms with Gasteiger partial charge in [0.15, 0.2) is 5.82 Å². The van der Waals surface area contributed by atoms with Gasteiger partial charge in [-0.15, -0.1) is 0 Å². The number of benzene rings is 1. The Labute approximate surface area is 124 Å². The molecule has 0 spiro atoms. The molecule has 1 heterocycles. The fraction of sp³-hybridized carbons (Fsp3) is 0.333. The van der Waals surface area contributed by atoms with Crippen LogP contribution in [0.15, 0.2) is 36.4 Å². The van der Waals surface area contributed by atoms with Crippen LogP contribution in [-0.2, 0) is 11.3 Å². The molecular formula is C15H20N4O2. The van der Waals surface area contributed by atoms with Crippen LogP contribution in [0.2, 0.25) is 0 Å². The molecule has 6 nitrogen and oxygen atoms in total. The first-order chi connectivity index (χ1) is 10.3. The first kappa shape index (κ1) is 15.2. The van der Waals surface area contributed by atoms with Gasteiger partial charge in [0, 0.05) is 20.2 Å². The molecule has 0 aliphatic carbocycles. The lowest BCUT2D eigenvalue weighted by molar-refractivity contribution is 0.178. The van der Waals surface area contributed by atoms with E-state index in [2.05, 4.69) is 20.6 Å². The van der Waals surface area contributed by atoms with Crippen LogP contribution in [0.5, 0.6) is 0 Å². The molecule has 3 N–H and O–H groups in total. The van der Waals surface area contributed by atoms with Crippen LogP contribution in [-0.4, -0.2) is 35.8 Å². The maximum absolute atomic E-state index is 9.59. The lowest BCUT2D eigenvalue weighted by Gasteiger charge is -2.18. The lowest BCUT2D eigenvalue weighted by atomic mass is 10.1. The summed E-state index contributed by atoms with van der Waals surface area (Å²) in [7, 11) is 3.40. The van der Waals surface area contributed by atoms with Gasteiger partial charge in [0.2, 0.25) is 0 Å². The summed E-state index contributed by atoms with van der Waals surface area (Å²) in [6.45, 7) is 0.307. The Bertz CT molecular complexity index is 563. The molecule has 0 aliphatic rings. The number of ether oxygens (including phenoxy) is 1. The van der Waals surface area contributed by atoms with Crippen LogP contribution in [0, 0.1) is 0 Å². The van der Waals surface area contributed by atoms with E-state index in [0.29, 0.717) is 24.1 Å². The first-order valence-corrected chi connectivity index (χ1v) is 6.73. The Kier molecular flexibility index (Phi) is 5.48. The lowest BCUT2D eigenvalue weighted by Crippen LogP contribution is -2.16. The molecule has 1 atom stereocenters. The SMILES string of the molecule is CNc1cc(NC(CO)c2ccccc2)nc(COC)n1. The molecule has 2 rings (SSSR count). The molecule has 21 heavy (non-hydrogen) atoms. The molecule has 0 saturated carbocycles. The summed E-state index contributed by atoms with van der Waals surface area (Å²) in [4.78, 5) is 8.68. The van der Waals surface area contributed by atoms with Crippen molar-refractivity contribution in [3.05, 3.63) is 47.8 Å². The Balaban J connectivity index is 2.22. The molecule has 2 aromatic rings. The Morgan fingerprint density at radius 1 is 1.19 bits per heavy atom. The standard InChI is InChI=1S/C15H20N4O2/c1-16-13-8-14(19-15(18-13)10-21-2)17-12(9-20)11-6-4-3-5-7-11/h3-8,12,20H,9-10H2,1-2H3,(H2,16,17,18,19). The van der Waals surface area contributed by atoms with E-state index in [1.54, 1.807) is 20.2 Å². The number of hydrogen-bond donors (Lipinski definition) is 3. The van der Waals surface area contributed by atoms with E-state index in [-0.39, 0.29) is 12.6 Å². The van der Waals surface area contributed by atoms with Crippen molar-refractivity contribution in [3.8, 4) is 0 Å². The molecule has 1 aromatic carbocycles. The van der Waals surface area contributed by atoms with Gasteiger partial charge in [-0.25, -0.2) is 9.97 Å². The topological polar surface area (TPSA) is 79.3 Å². The molecule has 0 aliphatic heterocycles. The van der Waals surface area contributed by atoms with Crippen molar-refractivity contribution in [2.24, 2.45) is 0 Å². The predicted octanol–water partition coefficient (Wildman–Crippen LogP) is 1.81. The number of aliphatic hydroxyl groups is 1. The third kappa shape index (κ3) is 4.14. The maximum Gasteiger partial charge on any atom is 0.158 e. The zero-order valence-electron chi connectivity index (χ0n) is 12.2. The molecule has 1 unspecified atom stereocenters. The predicted molar refractivity (Wildman–Crippen MR) is 82.2 cm³/mol. The van der Waals surface area contributed by atoms with Crippen molar-refractivity contribution in [2.75, 3.05) is 31.4 Å². The second kappa shape index (κ2) is 7.56. The van der Waals surface area contributed by atoms with Gasteiger partial charge in [0.05, 0.1) is 12.6 Å². The van der Waals surface area contributed by atoms with Crippen molar-refractivity contribution in [1.82, 2.24) is 9.97 Å². The minimum absolute atomic E-state index is 0.0253. The number of methoxy groups -OCH3 is 1. The highest BCUT2D eigenvalue weighted by molar-refractivity contribution is 5.48. The number of aliphatic hydroxyl groups excluding tert-OH is 1. The summed E-state index contributed by atoms with van der Waals surface area (Å²) in [6, 6.07) is 11.3. The second-order valence-electron chi connectivity index (χ2n) is 4.53. The molecule has 6 heteroatoms. The van der Waals surface area contributed by atoms with Crippen LogP contribution in [0.4, 0.5) is 11.6 Å². The molecule has 0 radical (unpaired) electrons. The number of hydrogen-bond acceptors (Lipinski definition) is 6. The minimum atomic E-state index is -0.221. The van der Waals surface area contributed by atoms with E-state index in [0.717, 1.165) is 5.56 Å². The van der Waals surface area contributed by atoms with E-state index in [1.165, 1.54) is 0 Å². The number of nitrogens with one attached hydrogen (secondary N) is 2. The first-order valence-electron chi connectivity index (χ1n) is 6.73. The van der Waals surface area contributed by atoms with Crippen LogP contribution in [0.25, 0.3) is 0 Å². The largest absolute Gasteiger partial charge is 0.394 e. The average Bonchev–Trinajstić information content (AvgIpc) is 2.53. The van der Waals surface area contributed by atoms with Gasteiger partial charge in [-0.05, 0) is 5.56 Å². The smallest absolute Gasteiger partial charge is 0.158 e. The van der Waals surface area contributed by atoms with Gasteiger partial charge < -0.3 is 20.5 Å². The summed E-state index contributed by atoms with van der Waals surface area (Å²) in [5, 5.41) is 15.8. The minimum Gasteiger partial charge on any atom is -0.394 e. The van der Waals surface area contributed by atoms with Crippen molar-refractivity contribution < 1.29 is 9.84 Å². The fourth-order valence-corrected chi connectivity index (χ4v) is 1.99. The number of aromatic nitrogens is 2. The summed E-state index contributed by atoms with van der Waals surface area (Å²) in [5.41, 5.74) is 0.998. The Hall–Kier alpha value is -2.18. The zero-order valence-corrected chi connectivity index (χ0v) is 12.2. The highest BCUT2D eigenvalue weighted by atomic mass is 16.5. The number of anilines is 2. The van der Waals surface area contributed by atoms with Crippen molar-refractivity contribution in [2.45, 2.75) is 12.6 Å². The molecule has 1 aromatic heterocycles. The zero-order chi connectivity index (χ0) is 15.1. The van der Waals surface area contributed by atoms with E-state index in [4.69, 9.17) is 4.74 Å². The normalized spacial score (nSPS) is 12.0. The van der Waals surface area contributed by atoms with Gasteiger partial charge in [-0.2, -0.15) is 0 Å². The van der Waals surface area contributed by atoms with Crippen molar-refractivity contribution in [3.63, 3.8) is 0 Å². The fourth-order valence-electron chi connectivity index (χ4n) is 1.99. The van der Waals surface area contributed by atoms with Gasteiger partial charge in [-0.1, -0.05) is 30.3 Å². The van der Waals surface area contributed by atoms with Gasteiger partial charge >= 0.3 is 0 Å². The van der Waals surface area contributed by atoms with Crippen LogP contribution in [0.3, 0.4) is 0 Å². The number of rotatable bonds is 7. The van der Waals surface area contributed by atoms with E-state index in [9.17, 15) is 5.11 Å². The Morgan fingerprint density at radius 3 is 2.52 bits per heavy atom. The molecule has 0 saturated heterocycles. The molecule has 112 valence electrons. The molecule has 0 fully saturated rings. The molecule has 0 amide bonds. The van der Waals surface area contributed by atoms with Gasteiger partial charge in [0.25, 0.3) is 0 Å². The summed E-state index contributed by atoms with van der Waals surface area (Å²) < 4.78 is 5.07. The summed E-state index contributed by atoms with van der Waals surface area (Å²) in [6.07, 6.45) is 0. The summed E-state index contributed by atoms with van der Waals surface area (Å²) >= 11 is 0. The van der Waals surface area contributed by atoms with Crippen molar-refractivity contribution >= 4 is 11.6 Å². The molecule has 0 bridgehead atoms. The quantitative estimate of drug-likeness (QED) is 0.721.